The quantitative estimate of drug-likeness (QED) is 0.0969. The van der Waals surface area contributed by atoms with Crippen LogP contribution in [0.2, 0.25) is 0 Å². The minimum Gasteiger partial charge on any atom is -0.481 e. The van der Waals surface area contributed by atoms with E-state index < -0.39 is 35.7 Å². The summed E-state index contributed by atoms with van der Waals surface area (Å²) in [5.74, 6) is -3.00. The molecule has 4 heterocycles. The van der Waals surface area contributed by atoms with Crippen molar-refractivity contribution in [2.45, 2.75) is 64.3 Å². The van der Waals surface area contributed by atoms with Crippen molar-refractivity contribution >= 4 is 17.9 Å². The summed E-state index contributed by atoms with van der Waals surface area (Å²) < 4.78 is 6.50. The van der Waals surface area contributed by atoms with E-state index in [0.717, 1.165) is 119 Å². The Morgan fingerprint density at radius 3 is 1.46 bits per heavy atom. The molecular formula is C47H63N5O7. The zero-order valence-corrected chi connectivity index (χ0v) is 34.3. The second kappa shape index (κ2) is 20.9. The van der Waals surface area contributed by atoms with Crippen LogP contribution in [0.25, 0.3) is 0 Å². The number of ether oxygens (including phenoxy) is 1. The van der Waals surface area contributed by atoms with Gasteiger partial charge in [0.15, 0.2) is 0 Å². The summed E-state index contributed by atoms with van der Waals surface area (Å²) in [4.78, 5) is 41.7. The molecule has 12 nitrogen and oxygen atoms in total. The van der Waals surface area contributed by atoms with Crippen LogP contribution in [-0.4, -0.2) is 115 Å². The fourth-order valence-electron chi connectivity index (χ4n) is 10.0. The van der Waals surface area contributed by atoms with Crippen LogP contribution in [0.5, 0.6) is 0 Å². The summed E-state index contributed by atoms with van der Waals surface area (Å²) in [6.45, 7) is 9.77. The zero-order valence-electron chi connectivity index (χ0n) is 34.3. The molecule has 4 aliphatic rings. The third kappa shape index (κ3) is 12.0. The maximum Gasteiger partial charge on any atom is 0.307 e. The molecule has 1 unspecified atom stereocenters. The number of piperazine rings is 1. The molecule has 4 saturated heterocycles. The first-order valence-electron chi connectivity index (χ1n) is 21.8. The first-order chi connectivity index (χ1) is 28.7. The monoisotopic (exact) mass is 809 g/mol. The van der Waals surface area contributed by atoms with E-state index in [0.29, 0.717) is 32.5 Å². The highest BCUT2D eigenvalue weighted by Crippen LogP contribution is 2.28. The molecule has 12 heteroatoms. The van der Waals surface area contributed by atoms with E-state index in [2.05, 4.69) is 80.3 Å². The van der Waals surface area contributed by atoms with Crippen molar-refractivity contribution in [1.29, 1.82) is 0 Å². The van der Waals surface area contributed by atoms with Crippen LogP contribution in [0.4, 0.5) is 0 Å². The number of carbonyl (C=O) groups is 3. The number of carboxylic acid groups (broad SMARTS) is 3. The summed E-state index contributed by atoms with van der Waals surface area (Å²) in [5, 5.41) is 40.1. The van der Waals surface area contributed by atoms with Gasteiger partial charge in [-0.1, -0.05) is 72.8 Å². The number of hydrogen-bond acceptors (Lipinski definition) is 9. The molecule has 7 rings (SSSR count). The van der Waals surface area contributed by atoms with E-state index in [4.69, 9.17) is 4.74 Å². The molecule has 59 heavy (non-hydrogen) atoms. The highest BCUT2D eigenvalue weighted by molar-refractivity contribution is 5.72. The first-order valence-corrected chi connectivity index (χ1v) is 21.8. The molecule has 7 atom stereocenters. The lowest BCUT2D eigenvalue weighted by atomic mass is 9.86. The lowest BCUT2D eigenvalue weighted by Gasteiger charge is -2.41. The van der Waals surface area contributed by atoms with Crippen molar-refractivity contribution in [2.75, 3.05) is 65.5 Å². The van der Waals surface area contributed by atoms with E-state index in [-0.39, 0.29) is 23.8 Å². The normalized spacial score (nSPS) is 24.2. The van der Waals surface area contributed by atoms with Gasteiger partial charge in [-0.3, -0.25) is 24.2 Å². The summed E-state index contributed by atoms with van der Waals surface area (Å²) in [7, 11) is 0. The number of aliphatic carboxylic acids is 3. The number of nitrogens with zero attached hydrogens (tertiary/aromatic N) is 2. The van der Waals surface area contributed by atoms with Crippen LogP contribution in [0.3, 0.4) is 0 Å². The van der Waals surface area contributed by atoms with Crippen molar-refractivity contribution in [3.8, 4) is 0 Å². The van der Waals surface area contributed by atoms with E-state index >= 15 is 0 Å². The van der Waals surface area contributed by atoms with Crippen LogP contribution < -0.4 is 16.0 Å². The van der Waals surface area contributed by atoms with Gasteiger partial charge >= 0.3 is 17.9 Å². The maximum absolute atomic E-state index is 12.3. The van der Waals surface area contributed by atoms with Gasteiger partial charge in [-0.15, -0.1) is 0 Å². The smallest absolute Gasteiger partial charge is 0.307 e. The van der Waals surface area contributed by atoms with Gasteiger partial charge in [0.05, 0.1) is 31.0 Å². The standard InChI is InChI=1S/C47H63N5O7/c53-45(54)42(38-10-13-48-24-38)21-32-4-1-7-35(18-32)27-51-16-17-52(28-36-8-2-5-33(19-36)22-43(46(55)56)39-11-14-49-25-39)41(29-51)31-59-30-37-9-3-6-34(20-37)23-44(47(57)58)40-12-15-50-26-40/h1-9,18-20,38-44,48-50H,10-17,21-31H2,(H,53,54)(H,55,56)(H,57,58)/t38-,39-,40-,41?,42-,43-,44-/m0/s1. The molecule has 4 fully saturated rings. The Balaban J connectivity index is 1.02. The third-order valence-corrected chi connectivity index (χ3v) is 13.4. The number of rotatable bonds is 20. The van der Waals surface area contributed by atoms with Crippen molar-refractivity contribution in [3.05, 3.63) is 106 Å². The molecule has 0 saturated carbocycles. The van der Waals surface area contributed by atoms with Crippen molar-refractivity contribution < 1.29 is 34.4 Å². The third-order valence-electron chi connectivity index (χ3n) is 13.4. The van der Waals surface area contributed by atoms with Crippen molar-refractivity contribution in [2.24, 2.45) is 35.5 Å². The van der Waals surface area contributed by atoms with Gasteiger partial charge in [0.25, 0.3) is 0 Å². The molecule has 3 aromatic rings. The van der Waals surface area contributed by atoms with Gasteiger partial charge < -0.3 is 36.0 Å². The van der Waals surface area contributed by atoms with Crippen molar-refractivity contribution in [1.82, 2.24) is 25.8 Å². The fraction of sp³-hybridized carbons (Fsp3) is 0.553. The molecule has 0 aliphatic carbocycles. The molecular weight excluding hydrogens is 747 g/mol. The Kier molecular flexibility index (Phi) is 15.2. The minimum atomic E-state index is -0.738. The molecule has 0 amide bonds. The second-order valence-corrected chi connectivity index (χ2v) is 17.5. The maximum atomic E-state index is 12.3. The van der Waals surface area contributed by atoms with E-state index in [1.165, 1.54) is 5.56 Å². The number of nitrogens with one attached hydrogen (secondary N) is 3. The largest absolute Gasteiger partial charge is 0.481 e. The Morgan fingerprint density at radius 2 is 1.02 bits per heavy atom. The van der Waals surface area contributed by atoms with Crippen LogP contribution in [0.15, 0.2) is 72.8 Å². The van der Waals surface area contributed by atoms with Gasteiger partial charge in [-0.2, -0.15) is 0 Å². The summed E-state index contributed by atoms with van der Waals surface area (Å²) >= 11 is 0. The van der Waals surface area contributed by atoms with Crippen LogP contribution in [-0.2, 0) is 58.1 Å². The highest BCUT2D eigenvalue weighted by Gasteiger charge is 2.33. The average molecular weight is 810 g/mol. The van der Waals surface area contributed by atoms with Gasteiger partial charge in [0, 0.05) is 38.8 Å². The molecule has 318 valence electrons. The average Bonchev–Trinajstić information content (AvgIpc) is 4.05. The molecule has 6 N–H and O–H groups in total. The van der Waals surface area contributed by atoms with Crippen LogP contribution in [0, 0.1) is 35.5 Å². The molecule has 0 spiro atoms. The lowest BCUT2D eigenvalue weighted by Crippen LogP contribution is -2.54. The van der Waals surface area contributed by atoms with Gasteiger partial charge in [-0.05, 0) is 129 Å². The van der Waals surface area contributed by atoms with Gasteiger partial charge in [-0.25, -0.2) is 0 Å². The van der Waals surface area contributed by atoms with E-state index in [1.807, 2.05) is 18.2 Å². The molecule has 0 aromatic heterocycles. The summed E-state index contributed by atoms with van der Waals surface area (Å²) in [6.07, 6.45) is 4.21. The SMILES string of the molecule is O=C(O)[C@@H](Cc1cccc(COCC2CN(Cc3cccc(C[C@H](C(=O)O)[C@H]4CCNC4)c3)CCN2Cc2cccc(C[C@H](C(=O)O)[C@H]3CCNC3)c2)c1)[C@H]1CCNC1. The topological polar surface area (TPSA) is 164 Å². The molecule has 0 bridgehead atoms. The Hall–Kier alpha value is -4.17. The molecule has 4 aliphatic heterocycles. The summed E-state index contributed by atoms with van der Waals surface area (Å²) in [5.41, 5.74) is 6.49. The Morgan fingerprint density at radius 1 is 0.593 bits per heavy atom. The van der Waals surface area contributed by atoms with Gasteiger partial charge in [0.2, 0.25) is 0 Å². The zero-order chi connectivity index (χ0) is 41.1. The number of benzene rings is 3. The first kappa shape index (κ1) is 42.9. The van der Waals surface area contributed by atoms with Crippen LogP contribution >= 0.6 is 0 Å². The molecule has 3 aromatic carbocycles. The van der Waals surface area contributed by atoms with E-state index in [1.54, 1.807) is 0 Å². The second-order valence-electron chi connectivity index (χ2n) is 17.5. The van der Waals surface area contributed by atoms with Gasteiger partial charge in [0.1, 0.15) is 0 Å². The fourth-order valence-corrected chi connectivity index (χ4v) is 10.0. The molecule has 0 radical (unpaired) electrons. The highest BCUT2D eigenvalue weighted by atomic mass is 16.5. The minimum absolute atomic E-state index is 0.0904. The van der Waals surface area contributed by atoms with Crippen LogP contribution in [0.1, 0.15) is 52.6 Å². The van der Waals surface area contributed by atoms with E-state index in [9.17, 15) is 29.7 Å². The number of carboxylic acids is 3. The number of hydrogen-bond donors (Lipinski definition) is 6. The Labute approximate surface area is 348 Å². The summed E-state index contributed by atoms with van der Waals surface area (Å²) in [6, 6.07) is 25.1. The Bertz CT molecular complexity index is 1860. The van der Waals surface area contributed by atoms with Crippen molar-refractivity contribution in [3.63, 3.8) is 0 Å². The predicted molar refractivity (Wildman–Crippen MR) is 226 cm³/mol. The lowest BCUT2D eigenvalue weighted by molar-refractivity contribution is -0.144. The predicted octanol–water partition coefficient (Wildman–Crippen LogP) is 4.15.